The van der Waals surface area contributed by atoms with E-state index in [-0.39, 0.29) is 11.6 Å². The van der Waals surface area contributed by atoms with Crippen LogP contribution < -0.4 is 5.69 Å². The zero-order valence-electron chi connectivity index (χ0n) is 10.1. The average molecular weight is 236 g/mol. The summed E-state index contributed by atoms with van der Waals surface area (Å²) in [5.41, 5.74) is 1.02. The van der Waals surface area contributed by atoms with Gasteiger partial charge in [0, 0.05) is 12.0 Å². The van der Waals surface area contributed by atoms with Crippen LogP contribution >= 0.6 is 0 Å². The molecule has 2 heterocycles. The number of aromatic nitrogens is 4. The zero-order valence-corrected chi connectivity index (χ0v) is 10.1. The molecule has 2 rings (SSSR count). The standard InChI is InChI=1S/C11H16N4O2/c1-4-8(6(2)16)9-5-10-13-14-11(17)15(10)7(3)12-9/h5-6,8,16H,4H2,1-3H3,(H,14,17). The fourth-order valence-electron chi connectivity index (χ4n) is 2.11. The molecule has 0 radical (unpaired) electrons. The summed E-state index contributed by atoms with van der Waals surface area (Å²) in [7, 11) is 0. The number of fused-ring (bicyclic) bond motifs is 1. The van der Waals surface area contributed by atoms with E-state index in [9.17, 15) is 9.90 Å². The van der Waals surface area contributed by atoms with Crippen molar-refractivity contribution in [1.29, 1.82) is 0 Å². The minimum absolute atomic E-state index is 0.0366. The molecule has 0 aromatic carbocycles. The summed E-state index contributed by atoms with van der Waals surface area (Å²) in [6, 6.07) is 1.74. The zero-order chi connectivity index (χ0) is 12.6. The van der Waals surface area contributed by atoms with Crippen LogP contribution in [-0.4, -0.2) is 30.8 Å². The molecular weight excluding hydrogens is 220 g/mol. The lowest BCUT2D eigenvalue weighted by Crippen LogP contribution is -2.18. The van der Waals surface area contributed by atoms with Gasteiger partial charge in [-0.15, -0.1) is 0 Å². The van der Waals surface area contributed by atoms with Crippen LogP contribution in [0.3, 0.4) is 0 Å². The van der Waals surface area contributed by atoms with Crippen LogP contribution in [0.4, 0.5) is 0 Å². The summed E-state index contributed by atoms with van der Waals surface area (Å²) in [6.07, 6.45) is 0.314. The summed E-state index contributed by atoms with van der Waals surface area (Å²) in [5, 5.41) is 16.0. The minimum atomic E-state index is -0.472. The van der Waals surface area contributed by atoms with Gasteiger partial charge in [0.2, 0.25) is 0 Å². The molecule has 92 valence electrons. The number of H-pyrrole nitrogens is 1. The number of hydrogen-bond acceptors (Lipinski definition) is 4. The van der Waals surface area contributed by atoms with Crippen molar-refractivity contribution >= 4 is 5.65 Å². The highest BCUT2D eigenvalue weighted by Gasteiger charge is 2.19. The molecule has 0 spiro atoms. The summed E-state index contributed by atoms with van der Waals surface area (Å²) in [5.74, 6) is 0.542. The van der Waals surface area contributed by atoms with E-state index in [1.807, 2.05) is 6.92 Å². The number of rotatable bonds is 3. The molecule has 0 aliphatic heterocycles. The number of nitrogens with zero attached hydrogens (tertiary/aromatic N) is 3. The van der Waals surface area contributed by atoms with Crippen molar-refractivity contribution in [3.05, 3.63) is 28.1 Å². The van der Waals surface area contributed by atoms with Crippen molar-refractivity contribution in [2.24, 2.45) is 0 Å². The van der Waals surface area contributed by atoms with E-state index in [1.165, 1.54) is 4.40 Å². The fourth-order valence-corrected chi connectivity index (χ4v) is 2.11. The van der Waals surface area contributed by atoms with Crippen LogP contribution in [0.25, 0.3) is 5.65 Å². The third kappa shape index (κ3) is 1.95. The van der Waals surface area contributed by atoms with E-state index < -0.39 is 6.10 Å². The Hall–Kier alpha value is -1.69. The van der Waals surface area contributed by atoms with Gasteiger partial charge in [-0.05, 0) is 20.3 Å². The first kappa shape index (κ1) is 11.8. The highest BCUT2D eigenvalue weighted by molar-refractivity contribution is 5.39. The van der Waals surface area contributed by atoms with E-state index in [0.717, 1.165) is 12.1 Å². The van der Waals surface area contributed by atoms with Crippen molar-refractivity contribution in [3.8, 4) is 0 Å². The van der Waals surface area contributed by atoms with E-state index in [0.29, 0.717) is 11.5 Å². The quantitative estimate of drug-likeness (QED) is 0.817. The normalized spacial score (nSPS) is 15.1. The van der Waals surface area contributed by atoms with Crippen molar-refractivity contribution < 1.29 is 5.11 Å². The van der Waals surface area contributed by atoms with Gasteiger partial charge in [0.1, 0.15) is 5.82 Å². The molecule has 6 heteroatoms. The van der Waals surface area contributed by atoms with Crippen LogP contribution in [0.5, 0.6) is 0 Å². The van der Waals surface area contributed by atoms with Gasteiger partial charge in [0.15, 0.2) is 5.65 Å². The van der Waals surface area contributed by atoms with Crippen molar-refractivity contribution in [2.45, 2.75) is 39.2 Å². The van der Waals surface area contributed by atoms with Crippen LogP contribution in [0, 0.1) is 6.92 Å². The highest BCUT2D eigenvalue weighted by atomic mass is 16.3. The third-order valence-electron chi connectivity index (χ3n) is 2.99. The first-order valence-electron chi connectivity index (χ1n) is 5.67. The lowest BCUT2D eigenvalue weighted by Gasteiger charge is -2.17. The smallest absolute Gasteiger partial charge is 0.349 e. The number of aromatic amines is 1. The first-order valence-corrected chi connectivity index (χ1v) is 5.67. The molecule has 2 N–H and O–H groups in total. The molecule has 17 heavy (non-hydrogen) atoms. The summed E-state index contributed by atoms with van der Waals surface area (Å²) >= 11 is 0. The van der Waals surface area contributed by atoms with E-state index in [4.69, 9.17) is 0 Å². The van der Waals surface area contributed by atoms with E-state index in [2.05, 4.69) is 15.2 Å². The monoisotopic (exact) mass is 236 g/mol. The molecule has 2 aromatic heterocycles. The molecule has 0 fully saturated rings. The molecular formula is C11H16N4O2. The third-order valence-corrected chi connectivity index (χ3v) is 2.99. The second kappa shape index (κ2) is 4.29. The van der Waals surface area contributed by atoms with E-state index in [1.54, 1.807) is 19.9 Å². The Balaban J connectivity index is 2.61. The predicted octanol–water partition coefficient (Wildman–Crippen LogP) is 0.600. The number of nitrogens with one attached hydrogen (secondary N) is 1. The Kier molecular flexibility index (Phi) is 2.97. The van der Waals surface area contributed by atoms with Crippen LogP contribution in [0.2, 0.25) is 0 Å². The van der Waals surface area contributed by atoms with Gasteiger partial charge in [-0.1, -0.05) is 6.92 Å². The van der Waals surface area contributed by atoms with Crippen LogP contribution in [0.15, 0.2) is 10.9 Å². The second-order valence-corrected chi connectivity index (χ2v) is 4.21. The summed E-state index contributed by atoms with van der Waals surface area (Å²) in [4.78, 5) is 15.8. The maximum absolute atomic E-state index is 11.4. The molecule has 2 unspecified atom stereocenters. The van der Waals surface area contributed by atoms with Gasteiger partial charge in [0.25, 0.3) is 0 Å². The topological polar surface area (TPSA) is 83.3 Å². The van der Waals surface area contributed by atoms with Crippen molar-refractivity contribution in [1.82, 2.24) is 19.6 Å². The molecule has 2 aromatic rings. The highest BCUT2D eigenvalue weighted by Crippen LogP contribution is 2.22. The van der Waals surface area contributed by atoms with Gasteiger partial charge in [-0.25, -0.2) is 19.3 Å². The SMILES string of the molecule is CCC(c1cc2n[nH]c(=O)n2c(C)n1)C(C)O. The summed E-state index contributed by atoms with van der Waals surface area (Å²) < 4.78 is 1.41. The lowest BCUT2D eigenvalue weighted by atomic mass is 9.96. The Morgan fingerprint density at radius 1 is 1.59 bits per heavy atom. The lowest BCUT2D eigenvalue weighted by molar-refractivity contribution is 0.158. The Morgan fingerprint density at radius 2 is 2.29 bits per heavy atom. The molecule has 0 saturated heterocycles. The number of aryl methyl sites for hydroxylation is 1. The predicted molar refractivity (Wildman–Crippen MR) is 63.1 cm³/mol. The molecule has 0 aliphatic rings. The van der Waals surface area contributed by atoms with Gasteiger partial charge in [0.05, 0.1) is 11.8 Å². The van der Waals surface area contributed by atoms with Crippen LogP contribution in [0.1, 0.15) is 37.7 Å². The van der Waals surface area contributed by atoms with Crippen LogP contribution in [-0.2, 0) is 0 Å². The molecule has 2 atom stereocenters. The average Bonchev–Trinajstić information content (AvgIpc) is 2.61. The molecule has 0 bridgehead atoms. The van der Waals surface area contributed by atoms with Gasteiger partial charge >= 0.3 is 5.69 Å². The fraction of sp³-hybridized carbons (Fsp3) is 0.545. The molecule has 0 aliphatic carbocycles. The second-order valence-electron chi connectivity index (χ2n) is 4.21. The number of aliphatic hydroxyl groups excluding tert-OH is 1. The molecule has 6 nitrogen and oxygen atoms in total. The van der Waals surface area contributed by atoms with Gasteiger partial charge in [-0.2, -0.15) is 5.10 Å². The van der Waals surface area contributed by atoms with Gasteiger partial charge < -0.3 is 5.11 Å². The number of aliphatic hydroxyl groups is 1. The molecule has 0 amide bonds. The Morgan fingerprint density at radius 3 is 2.88 bits per heavy atom. The Bertz CT molecular complexity index is 585. The molecule has 0 saturated carbocycles. The number of hydrogen-bond donors (Lipinski definition) is 2. The van der Waals surface area contributed by atoms with E-state index >= 15 is 0 Å². The Labute approximate surface area is 98.3 Å². The minimum Gasteiger partial charge on any atom is -0.393 e. The van der Waals surface area contributed by atoms with Crippen molar-refractivity contribution in [2.75, 3.05) is 0 Å². The summed E-state index contributed by atoms with van der Waals surface area (Å²) in [6.45, 7) is 5.49. The van der Waals surface area contributed by atoms with Crippen molar-refractivity contribution in [3.63, 3.8) is 0 Å². The maximum atomic E-state index is 11.4. The first-order chi connectivity index (χ1) is 8.04. The largest absolute Gasteiger partial charge is 0.393 e. The maximum Gasteiger partial charge on any atom is 0.349 e. The van der Waals surface area contributed by atoms with Gasteiger partial charge in [-0.3, -0.25) is 0 Å².